The second kappa shape index (κ2) is 9.30. The van der Waals surface area contributed by atoms with Gasteiger partial charge in [-0.1, -0.05) is 23.2 Å². The molecule has 0 unspecified atom stereocenters. The lowest BCUT2D eigenvalue weighted by molar-refractivity contribution is 0.0526. The van der Waals surface area contributed by atoms with Gasteiger partial charge >= 0.3 is 11.5 Å². The molecule has 2 aromatic heterocycles. The number of hydrogen-bond donors (Lipinski definition) is 1. The van der Waals surface area contributed by atoms with E-state index in [0.717, 1.165) is 20.7 Å². The van der Waals surface area contributed by atoms with Gasteiger partial charge in [-0.3, -0.25) is 14.7 Å². The average molecular weight is 503 g/mol. The summed E-state index contributed by atoms with van der Waals surface area (Å²) in [5, 5.41) is 12.1. The Bertz CT molecular complexity index is 1470. The number of ether oxygens (including phenoxy) is 1. The lowest BCUT2D eigenvalue weighted by atomic mass is 10.2. The Balaban J connectivity index is 1.62. The quantitative estimate of drug-likeness (QED) is 0.255. The molecule has 0 atom stereocenters. The monoisotopic (exact) mass is 502 g/mol. The van der Waals surface area contributed by atoms with E-state index in [9.17, 15) is 14.4 Å². The average Bonchev–Trinajstić information content (AvgIpc) is 3.28. The van der Waals surface area contributed by atoms with Crippen molar-refractivity contribution in [1.29, 1.82) is 0 Å². The fraction of sp³-hybridized carbons (Fsp3) is 0.136. The van der Waals surface area contributed by atoms with E-state index in [4.69, 9.17) is 27.9 Å². The first-order valence-corrected chi connectivity index (χ1v) is 11.3. The van der Waals surface area contributed by atoms with E-state index in [-0.39, 0.29) is 22.2 Å². The van der Waals surface area contributed by atoms with Gasteiger partial charge in [0.2, 0.25) is 0 Å². The molecule has 4 aromatic rings. The zero-order chi connectivity index (χ0) is 23.7. The summed E-state index contributed by atoms with van der Waals surface area (Å²) >= 11 is 13.6. The Morgan fingerprint density at radius 3 is 2.55 bits per heavy atom. The first-order chi connectivity index (χ1) is 15.8. The van der Waals surface area contributed by atoms with Crippen LogP contribution in [0.2, 0.25) is 10.0 Å². The number of carbonyl (C=O) groups is 2. The number of H-pyrrole nitrogens is 1. The molecule has 4 rings (SSSR count). The lowest BCUT2D eigenvalue weighted by Crippen LogP contribution is -2.24. The second-order valence-electron chi connectivity index (χ2n) is 6.88. The number of thiophene rings is 1. The molecule has 0 saturated carbocycles. The molecular formula is C22H16Cl2N4O4S. The molecule has 168 valence electrons. The second-order valence-corrected chi connectivity index (χ2v) is 8.75. The standard InChI is InChI=1S/C22H16Cl2N4O4S/c1-3-32-22(31)12-4-7-14(8-5-12)25-26-18-11(2)27-28(20(18)29)21(30)19-17(24)15-10-13(23)6-9-16(15)33-19/h4-10,27H,3H2,1-2H3. The van der Waals surface area contributed by atoms with Gasteiger partial charge < -0.3 is 4.74 Å². The highest BCUT2D eigenvalue weighted by atomic mass is 35.5. The number of rotatable bonds is 5. The highest BCUT2D eigenvalue weighted by Gasteiger charge is 2.23. The van der Waals surface area contributed by atoms with Crippen LogP contribution in [0.1, 0.15) is 32.6 Å². The van der Waals surface area contributed by atoms with Crippen LogP contribution in [0.3, 0.4) is 0 Å². The third-order valence-corrected chi connectivity index (χ3v) is 6.57. The number of azo groups is 1. The van der Waals surface area contributed by atoms with Crippen LogP contribution in [0.4, 0.5) is 11.4 Å². The van der Waals surface area contributed by atoms with Crippen molar-refractivity contribution in [3.8, 4) is 0 Å². The number of esters is 1. The summed E-state index contributed by atoms with van der Waals surface area (Å²) < 4.78 is 6.56. The van der Waals surface area contributed by atoms with Gasteiger partial charge in [-0.05, 0) is 56.3 Å². The highest BCUT2D eigenvalue weighted by Crippen LogP contribution is 2.37. The van der Waals surface area contributed by atoms with Crippen molar-refractivity contribution in [2.24, 2.45) is 10.2 Å². The smallest absolute Gasteiger partial charge is 0.338 e. The molecule has 2 aromatic carbocycles. The third-order valence-electron chi connectivity index (χ3n) is 4.67. The number of nitrogens with zero attached hydrogens (tertiary/aromatic N) is 3. The van der Waals surface area contributed by atoms with E-state index in [1.807, 2.05) is 0 Å². The van der Waals surface area contributed by atoms with E-state index in [0.29, 0.717) is 27.4 Å². The maximum Gasteiger partial charge on any atom is 0.338 e. The highest BCUT2D eigenvalue weighted by molar-refractivity contribution is 7.21. The van der Waals surface area contributed by atoms with E-state index in [1.165, 1.54) is 0 Å². The number of nitrogens with one attached hydrogen (secondary N) is 1. The summed E-state index contributed by atoms with van der Waals surface area (Å²) in [4.78, 5) is 37.8. The Morgan fingerprint density at radius 2 is 1.85 bits per heavy atom. The Labute approximate surface area is 201 Å². The zero-order valence-corrected chi connectivity index (χ0v) is 19.7. The Kier molecular flexibility index (Phi) is 6.46. The molecule has 11 heteroatoms. The molecule has 0 amide bonds. The summed E-state index contributed by atoms with van der Waals surface area (Å²) in [5.74, 6) is -1.04. The van der Waals surface area contributed by atoms with Crippen molar-refractivity contribution in [2.75, 3.05) is 6.61 Å². The van der Waals surface area contributed by atoms with Crippen molar-refractivity contribution < 1.29 is 14.3 Å². The molecule has 0 aliphatic heterocycles. The zero-order valence-electron chi connectivity index (χ0n) is 17.4. The minimum Gasteiger partial charge on any atom is -0.462 e. The topological polar surface area (TPSA) is 106 Å². The predicted octanol–water partition coefficient (Wildman–Crippen LogP) is 6.29. The van der Waals surface area contributed by atoms with Gasteiger partial charge in [0.15, 0.2) is 5.69 Å². The third kappa shape index (κ3) is 4.47. The van der Waals surface area contributed by atoms with E-state index in [2.05, 4.69) is 15.3 Å². The van der Waals surface area contributed by atoms with Crippen molar-refractivity contribution >= 4 is 67.9 Å². The summed E-state index contributed by atoms with van der Waals surface area (Å²) in [5.41, 5.74) is 0.489. The predicted molar refractivity (Wildman–Crippen MR) is 128 cm³/mol. The van der Waals surface area contributed by atoms with Gasteiger partial charge in [0.1, 0.15) is 4.88 Å². The maximum atomic E-state index is 13.0. The summed E-state index contributed by atoms with van der Waals surface area (Å²) in [6, 6.07) is 11.4. The number of aromatic amines is 1. The number of aromatic nitrogens is 2. The van der Waals surface area contributed by atoms with Crippen molar-refractivity contribution in [2.45, 2.75) is 13.8 Å². The van der Waals surface area contributed by atoms with Gasteiger partial charge in [0.25, 0.3) is 5.91 Å². The van der Waals surface area contributed by atoms with E-state index < -0.39 is 17.4 Å². The van der Waals surface area contributed by atoms with Crippen molar-refractivity contribution in [3.63, 3.8) is 0 Å². The molecule has 0 aliphatic rings. The molecular weight excluding hydrogens is 487 g/mol. The van der Waals surface area contributed by atoms with Gasteiger partial charge in [-0.15, -0.1) is 16.5 Å². The van der Waals surface area contributed by atoms with Crippen LogP contribution in [0.5, 0.6) is 0 Å². The Morgan fingerprint density at radius 1 is 1.12 bits per heavy atom. The van der Waals surface area contributed by atoms with Crippen molar-refractivity contribution in [3.05, 3.63) is 79.0 Å². The first-order valence-electron chi connectivity index (χ1n) is 9.73. The fourth-order valence-corrected chi connectivity index (χ4v) is 4.65. The molecule has 0 bridgehead atoms. The number of aryl methyl sites for hydroxylation is 1. The molecule has 0 spiro atoms. The summed E-state index contributed by atoms with van der Waals surface area (Å²) in [6.45, 7) is 3.61. The van der Waals surface area contributed by atoms with Crippen LogP contribution in [0.25, 0.3) is 10.1 Å². The van der Waals surface area contributed by atoms with Gasteiger partial charge in [0, 0.05) is 15.1 Å². The minimum atomic E-state index is -0.657. The SMILES string of the molecule is CCOC(=O)c1ccc(N=Nc2c(C)[nH]n(C(=O)c3sc4ccc(Cl)cc4c3Cl)c2=O)cc1. The molecule has 1 N–H and O–H groups in total. The van der Waals surface area contributed by atoms with Crippen LogP contribution in [-0.2, 0) is 4.74 Å². The Hall–Kier alpha value is -3.27. The normalized spacial score (nSPS) is 11.4. The number of benzene rings is 2. The molecule has 8 nitrogen and oxygen atoms in total. The molecule has 2 heterocycles. The van der Waals surface area contributed by atoms with E-state index in [1.54, 1.807) is 56.3 Å². The van der Waals surface area contributed by atoms with Gasteiger partial charge in [-0.25, -0.2) is 4.79 Å². The number of halogens is 2. The van der Waals surface area contributed by atoms with Crippen LogP contribution in [0.15, 0.2) is 57.5 Å². The molecule has 0 radical (unpaired) electrons. The molecule has 0 aliphatic carbocycles. The molecule has 0 saturated heterocycles. The van der Waals surface area contributed by atoms with E-state index >= 15 is 0 Å². The van der Waals surface area contributed by atoms with Crippen molar-refractivity contribution in [1.82, 2.24) is 9.78 Å². The summed E-state index contributed by atoms with van der Waals surface area (Å²) in [7, 11) is 0. The summed E-state index contributed by atoms with van der Waals surface area (Å²) in [6.07, 6.45) is 0. The minimum absolute atomic E-state index is 0.0157. The number of hydrogen-bond acceptors (Lipinski definition) is 7. The molecule has 33 heavy (non-hydrogen) atoms. The fourth-order valence-electron chi connectivity index (χ4n) is 3.06. The number of carbonyl (C=O) groups excluding carboxylic acids is 2. The van der Waals surface area contributed by atoms with Crippen LogP contribution < -0.4 is 5.56 Å². The largest absolute Gasteiger partial charge is 0.462 e. The van der Waals surface area contributed by atoms with Crippen LogP contribution in [0, 0.1) is 6.92 Å². The van der Waals surface area contributed by atoms with Crippen LogP contribution in [-0.4, -0.2) is 28.3 Å². The van der Waals surface area contributed by atoms with Gasteiger partial charge in [-0.2, -0.15) is 9.80 Å². The van der Waals surface area contributed by atoms with Crippen LogP contribution >= 0.6 is 34.5 Å². The lowest BCUT2D eigenvalue weighted by Gasteiger charge is -2.00. The van der Waals surface area contributed by atoms with Gasteiger partial charge in [0.05, 0.1) is 28.6 Å². The number of fused-ring (bicyclic) bond motifs is 1. The first kappa shape index (κ1) is 22.9. The molecule has 0 fully saturated rings. The maximum absolute atomic E-state index is 13.0.